The van der Waals surface area contributed by atoms with Gasteiger partial charge in [0.2, 0.25) is 0 Å². The zero-order valence-corrected chi connectivity index (χ0v) is 10.8. The normalized spacial score (nSPS) is 14.7. The lowest BCUT2D eigenvalue weighted by atomic mass is 10.0. The van der Waals surface area contributed by atoms with Crippen molar-refractivity contribution in [3.05, 3.63) is 59.7 Å². The molecule has 0 saturated heterocycles. The van der Waals surface area contributed by atoms with E-state index in [1.54, 1.807) is 0 Å². The van der Waals surface area contributed by atoms with Crippen LogP contribution in [0, 0.1) is 0 Å². The molecule has 19 heavy (non-hydrogen) atoms. The van der Waals surface area contributed by atoms with E-state index in [-0.39, 0.29) is 0 Å². The molecule has 0 bridgehead atoms. The Balaban J connectivity index is 1.89. The summed E-state index contributed by atoms with van der Waals surface area (Å²) < 4.78 is 5.44. The van der Waals surface area contributed by atoms with Crippen LogP contribution in [0.3, 0.4) is 0 Å². The van der Waals surface area contributed by atoms with Gasteiger partial charge in [0.15, 0.2) is 0 Å². The molecular weight excluding hydrogens is 234 g/mol. The fraction of sp³-hybridized carbons (Fsp3) is 0.118. The summed E-state index contributed by atoms with van der Waals surface area (Å²) in [7, 11) is 0. The highest BCUT2D eigenvalue weighted by Crippen LogP contribution is 2.32. The van der Waals surface area contributed by atoms with Gasteiger partial charge in [0, 0.05) is 17.4 Å². The van der Waals surface area contributed by atoms with Gasteiger partial charge in [-0.3, -0.25) is 4.99 Å². The minimum Gasteiger partial charge on any atom is -0.494 e. The molecule has 0 spiro atoms. The largest absolute Gasteiger partial charge is 0.494 e. The molecule has 0 aromatic heterocycles. The number of ether oxygens (including phenoxy) is 1. The number of fused-ring (bicyclic) bond motifs is 1. The summed E-state index contributed by atoms with van der Waals surface area (Å²) in [5.41, 5.74) is 4.54. The first kappa shape index (κ1) is 11.7. The van der Waals surface area contributed by atoms with Crippen molar-refractivity contribution in [2.24, 2.45) is 4.99 Å². The molecule has 0 amide bonds. The first-order valence-electron chi connectivity index (χ1n) is 6.45. The molecule has 1 heterocycles. The summed E-state index contributed by atoms with van der Waals surface area (Å²) in [6.07, 6.45) is 4.06. The van der Waals surface area contributed by atoms with Crippen LogP contribution in [0.15, 0.2) is 53.5 Å². The van der Waals surface area contributed by atoms with Crippen LogP contribution in [-0.2, 0) is 0 Å². The number of aliphatic imine (C=N–C) groups is 1. The molecule has 0 aliphatic carbocycles. The molecule has 0 radical (unpaired) electrons. The minimum atomic E-state index is 0.695. The summed E-state index contributed by atoms with van der Waals surface area (Å²) in [6, 6.07) is 16.3. The van der Waals surface area contributed by atoms with E-state index in [0.29, 0.717) is 6.61 Å². The first-order chi connectivity index (χ1) is 9.36. The van der Waals surface area contributed by atoms with Crippen molar-refractivity contribution in [3.63, 3.8) is 0 Å². The van der Waals surface area contributed by atoms with Crippen LogP contribution in [0.4, 0.5) is 5.69 Å². The number of hydrogen-bond acceptors (Lipinski definition) is 2. The van der Waals surface area contributed by atoms with Crippen LogP contribution in [0.1, 0.15) is 18.1 Å². The maximum atomic E-state index is 5.44. The number of para-hydroxylation sites is 1. The van der Waals surface area contributed by atoms with E-state index >= 15 is 0 Å². The highest BCUT2D eigenvalue weighted by atomic mass is 16.5. The van der Waals surface area contributed by atoms with Crippen LogP contribution in [0.25, 0.3) is 11.6 Å². The second-order valence-electron chi connectivity index (χ2n) is 4.38. The lowest BCUT2D eigenvalue weighted by molar-refractivity contribution is 0.340. The quantitative estimate of drug-likeness (QED) is 0.792. The lowest BCUT2D eigenvalue weighted by Crippen LogP contribution is -1.90. The van der Waals surface area contributed by atoms with Crippen LogP contribution in [0.5, 0.6) is 5.75 Å². The van der Waals surface area contributed by atoms with Crippen LogP contribution >= 0.6 is 0 Å². The average Bonchev–Trinajstić information content (AvgIpc) is 2.85. The zero-order chi connectivity index (χ0) is 13.1. The topological polar surface area (TPSA) is 21.6 Å². The van der Waals surface area contributed by atoms with E-state index in [2.05, 4.69) is 29.3 Å². The molecule has 0 saturated carbocycles. The second kappa shape index (κ2) is 5.11. The van der Waals surface area contributed by atoms with E-state index in [9.17, 15) is 0 Å². The van der Waals surface area contributed by atoms with Crippen LogP contribution in [0.2, 0.25) is 0 Å². The number of benzene rings is 2. The highest BCUT2D eigenvalue weighted by Gasteiger charge is 2.10. The van der Waals surface area contributed by atoms with Crippen molar-refractivity contribution in [1.29, 1.82) is 0 Å². The predicted molar refractivity (Wildman–Crippen MR) is 80.1 cm³/mol. The van der Waals surface area contributed by atoms with Gasteiger partial charge in [-0.1, -0.05) is 30.3 Å². The first-order valence-corrected chi connectivity index (χ1v) is 6.45. The third-order valence-corrected chi connectivity index (χ3v) is 3.07. The third-order valence-electron chi connectivity index (χ3n) is 3.07. The number of allylic oxidation sites excluding steroid dienone is 1. The molecule has 0 atom stereocenters. The summed E-state index contributed by atoms with van der Waals surface area (Å²) in [5, 5.41) is 0. The van der Waals surface area contributed by atoms with E-state index < -0.39 is 0 Å². The van der Waals surface area contributed by atoms with E-state index in [1.165, 1.54) is 5.56 Å². The van der Waals surface area contributed by atoms with Gasteiger partial charge in [-0.05, 0) is 36.8 Å². The Morgan fingerprint density at radius 3 is 2.63 bits per heavy atom. The van der Waals surface area contributed by atoms with E-state index in [0.717, 1.165) is 22.6 Å². The molecule has 94 valence electrons. The number of hydrogen-bond donors (Lipinski definition) is 0. The number of nitrogens with zero attached hydrogens (tertiary/aromatic N) is 1. The highest BCUT2D eigenvalue weighted by molar-refractivity contribution is 6.21. The van der Waals surface area contributed by atoms with Crippen molar-refractivity contribution >= 4 is 23.6 Å². The lowest BCUT2D eigenvalue weighted by Gasteiger charge is -2.03. The van der Waals surface area contributed by atoms with Gasteiger partial charge >= 0.3 is 0 Å². The Hall–Kier alpha value is -2.35. The number of rotatable bonds is 3. The maximum Gasteiger partial charge on any atom is 0.119 e. The fourth-order valence-corrected chi connectivity index (χ4v) is 2.16. The molecule has 0 unspecified atom stereocenters. The van der Waals surface area contributed by atoms with Crippen molar-refractivity contribution < 1.29 is 4.74 Å². The van der Waals surface area contributed by atoms with Crippen LogP contribution in [-0.4, -0.2) is 12.8 Å². The summed E-state index contributed by atoms with van der Waals surface area (Å²) in [6.45, 7) is 2.68. The molecule has 1 aliphatic heterocycles. The molecular formula is C17H15NO. The van der Waals surface area contributed by atoms with Crippen LogP contribution < -0.4 is 4.74 Å². The van der Waals surface area contributed by atoms with Crippen molar-refractivity contribution in [2.45, 2.75) is 6.92 Å². The monoisotopic (exact) mass is 249 g/mol. The van der Waals surface area contributed by atoms with Gasteiger partial charge in [0.1, 0.15) is 5.75 Å². The van der Waals surface area contributed by atoms with Crippen molar-refractivity contribution in [2.75, 3.05) is 6.61 Å². The second-order valence-corrected chi connectivity index (χ2v) is 4.38. The van der Waals surface area contributed by atoms with Crippen molar-refractivity contribution in [1.82, 2.24) is 0 Å². The Kier molecular flexibility index (Phi) is 3.15. The molecule has 2 aromatic rings. The van der Waals surface area contributed by atoms with E-state index in [1.807, 2.05) is 43.5 Å². The summed E-state index contributed by atoms with van der Waals surface area (Å²) >= 11 is 0. The summed E-state index contributed by atoms with van der Waals surface area (Å²) in [4.78, 5) is 4.41. The Morgan fingerprint density at radius 1 is 1.05 bits per heavy atom. The Bertz CT molecular complexity index is 639. The molecule has 1 aliphatic rings. The Labute approximate surface area is 113 Å². The van der Waals surface area contributed by atoms with E-state index in [4.69, 9.17) is 4.74 Å². The molecule has 0 fully saturated rings. The molecule has 2 aromatic carbocycles. The SMILES string of the molecule is CCOc1ccc(/C=C2/C=Nc3ccccc32)cc1. The zero-order valence-electron chi connectivity index (χ0n) is 10.8. The van der Waals surface area contributed by atoms with Gasteiger partial charge in [-0.2, -0.15) is 0 Å². The van der Waals surface area contributed by atoms with Gasteiger partial charge in [0.25, 0.3) is 0 Å². The molecule has 3 rings (SSSR count). The van der Waals surface area contributed by atoms with Crippen molar-refractivity contribution in [3.8, 4) is 5.75 Å². The third kappa shape index (κ3) is 2.43. The summed E-state index contributed by atoms with van der Waals surface area (Å²) in [5.74, 6) is 0.908. The fourth-order valence-electron chi connectivity index (χ4n) is 2.16. The molecule has 0 N–H and O–H groups in total. The molecule has 2 nitrogen and oxygen atoms in total. The maximum absolute atomic E-state index is 5.44. The smallest absolute Gasteiger partial charge is 0.119 e. The average molecular weight is 249 g/mol. The predicted octanol–water partition coefficient (Wildman–Crippen LogP) is 4.34. The van der Waals surface area contributed by atoms with Gasteiger partial charge in [0.05, 0.1) is 12.3 Å². The Morgan fingerprint density at radius 2 is 1.84 bits per heavy atom. The standard InChI is InChI=1S/C17H15NO/c1-2-19-15-9-7-13(8-10-15)11-14-12-18-17-6-4-3-5-16(14)17/h3-12H,2H2,1H3/b14-11-. The minimum absolute atomic E-state index is 0.695. The van der Waals surface area contributed by atoms with Gasteiger partial charge < -0.3 is 4.74 Å². The van der Waals surface area contributed by atoms with Gasteiger partial charge in [-0.15, -0.1) is 0 Å². The molecule has 2 heteroatoms. The van der Waals surface area contributed by atoms with Gasteiger partial charge in [-0.25, -0.2) is 0 Å².